The van der Waals surface area contributed by atoms with E-state index in [1.807, 2.05) is 0 Å². The number of hydrogen-bond acceptors (Lipinski definition) is 5. The van der Waals surface area contributed by atoms with E-state index < -0.39 is 17.4 Å². The van der Waals surface area contributed by atoms with E-state index >= 15 is 0 Å². The van der Waals surface area contributed by atoms with Crippen molar-refractivity contribution in [1.82, 2.24) is 0 Å². The number of morpholine rings is 1. The van der Waals surface area contributed by atoms with Crippen LogP contribution >= 0.6 is 0 Å². The molecule has 0 spiro atoms. The number of quaternary nitrogens is 1. The molecule has 0 amide bonds. The fourth-order valence-corrected chi connectivity index (χ4v) is 3.30. The second kappa shape index (κ2) is 7.92. The molecule has 0 aromatic heterocycles. The Balaban J connectivity index is 2.02. The molecule has 2 heterocycles. The number of rotatable bonds is 7. The maximum atomic E-state index is 12.4. The lowest BCUT2D eigenvalue weighted by atomic mass is 9.80. The topological polar surface area (TPSA) is 66.3 Å². The molecule has 0 aromatic rings. The number of cyclic esters (lactones) is 1. The van der Waals surface area contributed by atoms with Crippen LogP contribution in [0.15, 0.2) is 0 Å². The Bertz CT molecular complexity index is 394. The molecular formula is C16H28NO5+. The third kappa shape index (κ3) is 3.79. The van der Waals surface area contributed by atoms with Gasteiger partial charge in [-0.05, 0) is 13.3 Å². The van der Waals surface area contributed by atoms with Crippen molar-refractivity contribution in [2.75, 3.05) is 39.5 Å². The zero-order valence-corrected chi connectivity index (χ0v) is 13.7. The van der Waals surface area contributed by atoms with Crippen molar-refractivity contribution in [3.8, 4) is 0 Å². The van der Waals surface area contributed by atoms with E-state index in [-0.39, 0.29) is 6.10 Å². The number of esters is 2. The van der Waals surface area contributed by atoms with Gasteiger partial charge in [-0.15, -0.1) is 0 Å². The van der Waals surface area contributed by atoms with Crippen molar-refractivity contribution in [1.29, 1.82) is 0 Å². The van der Waals surface area contributed by atoms with E-state index in [4.69, 9.17) is 14.2 Å². The molecule has 0 aliphatic carbocycles. The van der Waals surface area contributed by atoms with Gasteiger partial charge < -0.3 is 19.1 Å². The van der Waals surface area contributed by atoms with E-state index in [1.165, 1.54) is 4.90 Å². The number of carbonyl (C=O) groups excluding carboxylic acids is 2. The molecule has 126 valence electrons. The molecule has 6 heteroatoms. The predicted octanol–water partition coefficient (Wildman–Crippen LogP) is -0.0433. The van der Waals surface area contributed by atoms with Gasteiger partial charge in [0.25, 0.3) is 0 Å². The lowest BCUT2D eigenvalue weighted by Gasteiger charge is -2.26. The van der Waals surface area contributed by atoms with E-state index in [9.17, 15) is 9.59 Å². The molecule has 1 N–H and O–H groups in total. The highest BCUT2D eigenvalue weighted by Gasteiger charge is 2.56. The Labute approximate surface area is 132 Å². The monoisotopic (exact) mass is 314 g/mol. The number of unbranched alkanes of at least 4 members (excludes halogenated alkanes) is 1. The molecule has 22 heavy (non-hydrogen) atoms. The van der Waals surface area contributed by atoms with Gasteiger partial charge in [-0.25, -0.2) is 0 Å². The Morgan fingerprint density at radius 3 is 2.73 bits per heavy atom. The summed E-state index contributed by atoms with van der Waals surface area (Å²) in [7, 11) is 0. The van der Waals surface area contributed by atoms with Crippen molar-refractivity contribution in [2.24, 2.45) is 5.41 Å². The molecule has 0 saturated carbocycles. The molecule has 2 aliphatic heterocycles. The summed E-state index contributed by atoms with van der Waals surface area (Å²) in [6, 6.07) is 0. The first kappa shape index (κ1) is 17.2. The molecule has 2 saturated heterocycles. The molecule has 2 atom stereocenters. The first-order chi connectivity index (χ1) is 10.6. The lowest BCUT2D eigenvalue weighted by Crippen LogP contribution is -3.15. The summed E-state index contributed by atoms with van der Waals surface area (Å²) < 4.78 is 16.1. The smallest absolute Gasteiger partial charge is 0.324 e. The average molecular weight is 314 g/mol. The first-order valence-corrected chi connectivity index (χ1v) is 8.42. The van der Waals surface area contributed by atoms with Crippen molar-refractivity contribution in [3.05, 3.63) is 0 Å². The Kier molecular flexibility index (Phi) is 6.20. The van der Waals surface area contributed by atoms with E-state index in [1.54, 1.807) is 6.92 Å². The van der Waals surface area contributed by atoms with Gasteiger partial charge in [-0.1, -0.05) is 19.8 Å². The lowest BCUT2D eigenvalue weighted by molar-refractivity contribution is -0.910. The zero-order valence-electron chi connectivity index (χ0n) is 13.7. The van der Waals surface area contributed by atoms with Crippen LogP contribution in [0.1, 0.15) is 39.5 Å². The summed E-state index contributed by atoms with van der Waals surface area (Å²) in [6.45, 7) is 8.20. The SMILES string of the molecule is CCCC[C@@]1(C(=O)OCC)C[C@@H](C[NH+]2CCOCC2)OC1=O. The second-order valence-corrected chi connectivity index (χ2v) is 6.20. The normalized spacial score (nSPS) is 29.4. The summed E-state index contributed by atoms with van der Waals surface area (Å²) in [4.78, 5) is 26.2. The van der Waals surface area contributed by atoms with Gasteiger partial charge >= 0.3 is 11.9 Å². The van der Waals surface area contributed by atoms with Gasteiger partial charge in [0.05, 0.1) is 19.8 Å². The maximum Gasteiger partial charge on any atom is 0.324 e. The van der Waals surface area contributed by atoms with Crippen LogP contribution in [-0.2, 0) is 23.8 Å². The van der Waals surface area contributed by atoms with Crippen LogP contribution in [0.4, 0.5) is 0 Å². The van der Waals surface area contributed by atoms with Gasteiger partial charge in [0.2, 0.25) is 0 Å². The van der Waals surface area contributed by atoms with Crippen LogP contribution in [0.2, 0.25) is 0 Å². The number of hydrogen-bond donors (Lipinski definition) is 1. The summed E-state index contributed by atoms with van der Waals surface area (Å²) >= 11 is 0. The summed E-state index contributed by atoms with van der Waals surface area (Å²) in [5, 5.41) is 0. The highest BCUT2D eigenvalue weighted by atomic mass is 16.6. The number of carbonyl (C=O) groups is 2. The summed E-state index contributed by atoms with van der Waals surface area (Å²) in [5.74, 6) is -0.801. The quantitative estimate of drug-likeness (QED) is 0.527. The first-order valence-electron chi connectivity index (χ1n) is 8.42. The van der Waals surface area contributed by atoms with Crippen LogP contribution in [0, 0.1) is 5.41 Å². The van der Waals surface area contributed by atoms with Gasteiger partial charge in [0.15, 0.2) is 11.5 Å². The molecular weight excluding hydrogens is 286 g/mol. The molecule has 6 nitrogen and oxygen atoms in total. The fourth-order valence-electron chi connectivity index (χ4n) is 3.30. The second-order valence-electron chi connectivity index (χ2n) is 6.20. The Hall–Kier alpha value is -1.14. The third-order valence-electron chi connectivity index (χ3n) is 4.58. The molecule has 0 aromatic carbocycles. The van der Waals surface area contributed by atoms with Crippen molar-refractivity contribution in [2.45, 2.75) is 45.6 Å². The predicted molar refractivity (Wildman–Crippen MR) is 79.5 cm³/mol. The molecule has 2 rings (SSSR count). The minimum Gasteiger partial charge on any atom is -0.465 e. The molecule has 2 aliphatic rings. The van der Waals surface area contributed by atoms with Crippen molar-refractivity contribution < 1.29 is 28.7 Å². The Morgan fingerprint density at radius 1 is 1.36 bits per heavy atom. The van der Waals surface area contributed by atoms with Crippen molar-refractivity contribution in [3.63, 3.8) is 0 Å². The molecule has 0 radical (unpaired) electrons. The van der Waals surface area contributed by atoms with Gasteiger partial charge in [0, 0.05) is 6.42 Å². The Morgan fingerprint density at radius 2 is 2.09 bits per heavy atom. The van der Waals surface area contributed by atoms with Gasteiger partial charge in [-0.3, -0.25) is 9.59 Å². The third-order valence-corrected chi connectivity index (χ3v) is 4.58. The van der Waals surface area contributed by atoms with E-state index in [2.05, 4.69) is 6.92 Å². The van der Waals surface area contributed by atoms with Crippen molar-refractivity contribution >= 4 is 11.9 Å². The fraction of sp³-hybridized carbons (Fsp3) is 0.875. The van der Waals surface area contributed by atoms with Crippen LogP contribution in [-0.4, -0.2) is 57.5 Å². The average Bonchev–Trinajstić information content (AvgIpc) is 2.83. The minimum atomic E-state index is -1.08. The van der Waals surface area contributed by atoms with Crippen LogP contribution < -0.4 is 4.90 Å². The van der Waals surface area contributed by atoms with Gasteiger partial charge in [0.1, 0.15) is 19.6 Å². The van der Waals surface area contributed by atoms with E-state index in [0.29, 0.717) is 19.4 Å². The highest BCUT2D eigenvalue weighted by molar-refractivity contribution is 6.01. The van der Waals surface area contributed by atoms with E-state index in [0.717, 1.165) is 45.7 Å². The van der Waals surface area contributed by atoms with Crippen LogP contribution in [0.25, 0.3) is 0 Å². The highest BCUT2D eigenvalue weighted by Crippen LogP contribution is 2.39. The standard InChI is InChI=1S/C16H27NO5/c1-3-5-6-16(14(18)21-4-2)11-13(22-15(16)19)12-17-7-9-20-10-8-17/h13H,3-12H2,1-2H3/p+1/t13-,16-/m0/s1. The number of ether oxygens (including phenoxy) is 3. The number of nitrogens with one attached hydrogen (secondary N) is 1. The zero-order chi connectivity index (χ0) is 16.0. The summed E-state index contributed by atoms with van der Waals surface area (Å²) in [5.41, 5.74) is -1.08. The van der Waals surface area contributed by atoms with Crippen LogP contribution in [0.3, 0.4) is 0 Å². The maximum absolute atomic E-state index is 12.4. The largest absolute Gasteiger partial charge is 0.465 e. The van der Waals surface area contributed by atoms with Gasteiger partial charge in [-0.2, -0.15) is 0 Å². The molecule has 0 unspecified atom stereocenters. The molecule has 2 fully saturated rings. The van der Waals surface area contributed by atoms with Crippen LogP contribution in [0.5, 0.6) is 0 Å². The molecule has 0 bridgehead atoms. The minimum absolute atomic E-state index is 0.193. The summed E-state index contributed by atoms with van der Waals surface area (Å²) in [6.07, 6.45) is 2.55.